The summed E-state index contributed by atoms with van der Waals surface area (Å²) in [6, 6.07) is 0. The molecular weight excluding hydrogens is 126 g/mol. The van der Waals surface area contributed by atoms with E-state index in [2.05, 4.69) is 4.90 Å². The zero-order valence-corrected chi connectivity index (χ0v) is 6.29. The molecule has 1 saturated heterocycles. The third-order valence-corrected chi connectivity index (χ3v) is 3.00. The fraction of sp³-hybridized carbons (Fsp3) is 1.00. The number of rotatable bonds is 1. The van der Waals surface area contributed by atoms with Crippen molar-refractivity contribution in [3.8, 4) is 0 Å². The second-order valence-electron chi connectivity index (χ2n) is 3.63. The molecule has 1 saturated carbocycles. The molecule has 2 unspecified atom stereocenters. The van der Waals surface area contributed by atoms with Crippen molar-refractivity contribution in [2.24, 2.45) is 11.8 Å². The van der Waals surface area contributed by atoms with Crippen LogP contribution in [0.4, 0.5) is 0 Å². The van der Waals surface area contributed by atoms with Crippen LogP contribution < -0.4 is 0 Å². The maximum atomic E-state index is 8.85. The van der Waals surface area contributed by atoms with E-state index in [1.807, 2.05) is 0 Å². The Morgan fingerprint density at radius 3 is 2.30 bits per heavy atom. The van der Waals surface area contributed by atoms with Crippen molar-refractivity contribution in [2.75, 3.05) is 19.8 Å². The fourth-order valence-electron chi connectivity index (χ4n) is 2.45. The van der Waals surface area contributed by atoms with Gasteiger partial charge in [-0.2, -0.15) is 0 Å². The molecule has 0 radical (unpaired) electrons. The summed E-state index contributed by atoms with van der Waals surface area (Å²) in [6.45, 7) is 2.58. The molecule has 10 heavy (non-hydrogen) atoms. The zero-order valence-electron chi connectivity index (χ0n) is 6.29. The maximum Gasteiger partial charge on any atom is 0.0956 e. The van der Waals surface area contributed by atoms with E-state index in [1.165, 1.54) is 19.3 Å². The van der Waals surface area contributed by atoms with E-state index in [4.69, 9.17) is 5.11 Å². The molecule has 2 rings (SSSR count). The second kappa shape index (κ2) is 2.51. The number of hydrogen-bond acceptors (Lipinski definition) is 2. The number of aliphatic hydroxyl groups excluding tert-OH is 1. The summed E-state index contributed by atoms with van der Waals surface area (Å²) in [4.78, 5) is 2.16. The minimum Gasteiger partial charge on any atom is -0.381 e. The molecule has 2 nitrogen and oxygen atoms in total. The lowest BCUT2D eigenvalue weighted by Crippen LogP contribution is -2.22. The number of likely N-dealkylation sites (tertiary alicyclic amines) is 1. The molecule has 0 spiro atoms. The summed E-state index contributed by atoms with van der Waals surface area (Å²) in [5.41, 5.74) is 0. The van der Waals surface area contributed by atoms with Crippen molar-refractivity contribution >= 4 is 0 Å². The number of fused-ring (bicyclic) bond motifs is 1. The van der Waals surface area contributed by atoms with E-state index in [1.54, 1.807) is 0 Å². The van der Waals surface area contributed by atoms with Gasteiger partial charge in [0.15, 0.2) is 0 Å². The molecule has 0 bridgehead atoms. The molecule has 1 heterocycles. The van der Waals surface area contributed by atoms with Gasteiger partial charge < -0.3 is 5.11 Å². The van der Waals surface area contributed by atoms with E-state index in [0.29, 0.717) is 0 Å². The van der Waals surface area contributed by atoms with Crippen molar-refractivity contribution in [1.82, 2.24) is 4.90 Å². The minimum absolute atomic E-state index is 0.271. The molecule has 0 aromatic heterocycles. The molecule has 0 amide bonds. The Morgan fingerprint density at radius 1 is 1.20 bits per heavy atom. The Kier molecular flexibility index (Phi) is 1.66. The monoisotopic (exact) mass is 141 g/mol. The third-order valence-electron chi connectivity index (χ3n) is 3.00. The molecule has 58 valence electrons. The second-order valence-corrected chi connectivity index (χ2v) is 3.63. The Morgan fingerprint density at radius 2 is 1.80 bits per heavy atom. The van der Waals surface area contributed by atoms with Crippen molar-refractivity contribution in [1.29, 1.82) is 0 Å². The Balaban J connectivity index is 1.94. The Bertz CT molecular complexity index is 114. The standard InChI is InChI=1S/C8H15NO/c10-6-9-4-7-2-1-3-8(7)5-9/h7-8,10H,1-6H2. The minimum atomic E-state index is 0.271. The molecule has 2 atom stereocenters. The van der Waals surface area contributed by atoms with Crippen LogP contribution in [0.15, 0.2) is 0 Å². The first-order chi connectivity index (χ1) is 4.90. The summed E-state index contributed by atoms with van der Waals surface area (Å²) in [6.07, 6.45) is 4.23. The number of aliphatic hydroxyl groups is 1. The first kappa shape index (κ1) is 6.62. The number of hydrogen-bond donors (Lipinski definition) is 1. The van der Waals surface area contributed by atoms with Gasteiger partial charge in [0.25, 0.3) is 0 Å². The fourth-order valence-corrected chi connectivity index (χ4v) is 2.45. The zero-order chi connectivity index (χ0) is 6.97. The lowest BCUT2D eigenvalue weighted by atomic mass is 10.0. The highest BCUT2D eigenvalue weighted by molar-refractivity contribution is 4.87. The van der Waals surface area contributed by atoms with Gasteiger partial charge in [0.1, 0.15) is 0 Å². The lowest BCUT2D eigenvalue weighted by Gasteiger charge is -2.11. The van der Waals surface area contributed by atoms with E-state index < -0.39 is 0 Å². The normalized spacial score (nSPS) is 40.5. The predicted molar refractivity (Wildman–Crippen MR) is 39.5 cm³/mol. The smallest absolute Gasteiger partial charge is 0.0956 e. The van der Waals surface area contributed by atoms with Crippen LogP contribution in [0.3, 0.4) is 0 Å². The van der Waals surface area contributed by atoms with E-state index in [9.17, 15) is 0 Å². The maximum absolute atomic E-state index is 8.85. The predicted octanol–water partition coefficient (Wildman–Crippen LogP) is 0.668. The largest absolute Gasteiger partial charge is 0.381 e. The van der Waals surface area contributed by atoms with E-state index >= 15 is 0 Å². The molecular formula is C8H15NO. The summed E-state index contributed by atoms with van der Waals surface area (Å²) < 4.78 is 0. The van der Waals surface area contributed by atoms with Crippen LogP contribution in [0.25, 0.3) is 0 Å². The van der Waals surface area contributed by atoms with Gasteiger partial charge in [-0.15, -0.1) is 0 Å². The number of nitrogens with zero attached hydrogens (tertiary/aromatic N) is 1. The molecule has 1 aliphatic carbocycles. The quantitative estimate of drug-likeness (QED) is 0.580. The van der Waals surface area contributed by atoms with Crippen molar-refractivity contribution in [2.45, 2.75) is 19.3 Å². The summed E-state index contributed by atoms with van der Waals surface area (Å²) >= 11 is 0. The molecule has 0 aromatic rings. The molecule has 1 aliphatic heterocycles. The highest BCUT2D eigenvalue weighted by Gasteiger charge is 2.35. The average Bonchev–Trinajstić information content (AvgIpc) is 2.42. The van der Waals surface area contributed by atoms with Crippen LogP contribution in [0.5, 0.6) is 0 Å². The van der Waals surface area contributed by atoms with Crippen LogP contribution in [0, 0.1) is 11.8 Å². The molecule has 2 fully saturated rings. The summed E-state index contributed by atoms with van der Waals surface area (Å²) in [5, 5.41) is 8.85. The Labute approximate surface area is 61.8 Å². The Hall–Kier alpha value is -0.0800. The topological polar surface area (TPSA) is 23.5 Å². The first-order valence-corrected chi connectivity index (χ1v) is 4.23. The van der Waals surface area contributed by atoms with Gasteiger partial charge >= 0.3 is 0 Å². The van der Waals surface area contributed by atoms with E-state index in [0.717, 1.165) is 24.9 Å². The summed E-state index contributed by atoms with van der Waals surface area (Å²) in [5.74, 6) is 1.85. The van der Waals surface area contributed by atoms with Crippen LogP contribution in [-0.2, 0) is 0 Å². The summed E-state index contributed by atoms with van der Waals surface area (Å²) in [7, 11) is 0. The van der Waals surface area contributed by atoms with Crippen LogP contribution in [-0.4, -0.2) is 29.8 Å². The lowest BCUT2D eigenvalue weighted by molar-refractivity contribution is 0.123. The van der Waals surface area contributed by atoms with Gasteiger partial charge in [0, 0.05) is 13.1 Å². The van der Waals surface area contributed by atoms with Crippen molar-refractivity contribution in [3.05, 3.63) is 0 Å². The highest BCUT2D eigenvalue weighted by atomic mass is 16.3. The van der Waals surface area contributed by atoms with Crippen molar-refractivity contribution < 1.29 is 5.11 Å². The van der Waals surface area contributed by atoms with Gasteiger partial charge in [0.05, 0.1) is 6.73 Å². The van der Waals surface area contributed by atoms with Gasteiger partial charge in [-0.25, -0.2) is 0 Å². The van der Waals surface area contributed by atoms with Gasteiger partial charge in [-0.05, 0) is 24.7 Å². The van der Waals surface area contributed by atoms with Crippen LogP contribution >= 0.6 is 0 Å². The SMILES string of the molecule is OCN1CC2CCCC2C1. The van der Waals surface area contributed by atoms with Crippen LogP contribution in [0.1, 0.15) is 19.3 Å². The molecule has 2 heteroatoms. The van der Waals surface area contributed by atoms with Gasteiger partial charge in [0.2, 0.25) is 0 Å². The van der Waals surface area contributed by atoms with Gasteiger partial charge in [-0.1, -0.05) is 6.42 Å². The average molecular weight is 141 g/mol. The molecule has 0 aromatic carbocycles. The van der Waals surface area contributed by atoms with Crippen molar-refractivity contribution in [3.63, 3.8) is 0 Å². The first-order valence-electron chi connectivity index (χ1n) is 4.23. The van der Waals surface area contributed by atoms with Crippen LogP contribution in [0.2, 0.25) is 0 Å². The van der Waals surface area contributed by atoms with E-state index in [-0.39, 0.29) is 6.73 Å². The molecule has 2 aliphatic rings. The van der Waals surface area contributed by atoms with Gasteiger partial charge in [-0.3, -0.25) is 4.90 Å². The third kappa shape index (κ3) is 0.956. The highest BCUT2D eigenvalue weighted by Crippen LogP contribution is 2.37. The molecule has 1 N–H and O–H groups in total.